The van der Waals surface area contributed by atoms with E-state index < -0.39 is 0 Å². The molecule has 1 aliphatic heterocycles. The minimum atomic E-state index is -0.0188. The lowest BCUT2D eigenvalue weighted by molar-refractivity contribution is 0.166. The Kier molecular flexibility index (Phi) is 4.38. The van der Waals surface area contributed by atoms with Crippen molar-refractivity contribution in [2.45, 2.75) is 37.5 Å². The van der Waals surface area contributed by atoms with E-state index >= 15 is 0 Å². The molecule has 1 aromatic heterocycles. The maximum Gasteiger partial charge on any atom is 0.317 e. The van der Waals surface area contributed by atoms with Gasteiger partial charge in [0.25, 0.3) is 0 Å². The van der Waals surface area contributed by atoms with Gasteiger partial charge < -0.3 is 19.4 Å². The summed E-state index contributed by atoms with van der Waals surface area (Å²) in [5.74, 6) is 2.33. The second-order valence-electron chi connectivity index (χ2n) is 5.74. The van der Waals surface area contributed by atoms with E-state index in [4.69, 9.17) is 9.15 Å². The summed E-state index contributed by atoms with van der Waals surface area (Å²) in [6.07, 6.45) is 4.09. The molecule has 0 spiro atoms. The van der Waals surface area contributed by atoms with Crippen molar-refractivity contribution in [2.75, 3.05) is 33.4 Å². The van der Waals surface area contributed by atoms with E-state index in [1.165, 1.54) is 12.8 Å². The predicted octanol–water partition coefficient (Wildman–Crippen LogP) is 1.48. The number of rotatable bonds is 5. The lowest BCUT2D eigenvalue weighted by Crippen LogP contribution is -2.44. The molecule has 1 aromatic rings. The van der Waals surface area contributed by atoms with Gasteiger partial charge in [-0.15, -0.1) is 10.2 Å². The Morgan fingerprint density at radius 3 is 2.43 bits per heavy atom. The monoisotopic (exact) mass is 294 g/mol. The van der Waals surface area contributed by atoms with Crippen LogP contribution >= 0.6 is 0 Å². The zero-order chi connectivity index (χ0) is 14.7. The summed E-state index contributed by atoms with van der Waals surface area (Å²) in [5.41, 5.74) is 0. The summed E-state index contributed by atoms with van der Waals surface area (Å²) in [5, 5.41) is 11.2. The van der Waals surface area contributed by atoms with E-state index in [1.54, 1.807) is 7.11 Å². The molecule has 1 saturated carbocycles. The van der Waals surface area contributed by atoms with E-state index in [2.05, 4.69) is 15.5 Å². The first-order valence-corrected chi connectivity index (χ1v) is 7.63. The molecule has 2 amide bonds. The van der Waals surface area contributed by atoms with Crippen molar-refractivity contribution in [1.82, 2.24) is 20.4 Å². The minimum absolute atomic E-state index is 0.0188. The van der Waals surface area contributed by atoms with Gasteiger partial charge in [-0.3, -0.25) is 0 Å². The molecular weight excluding hydrogens is 272 g/mol. The van der Waals surface area contributed by atoms with Gasteiger partial charge in [-0.2, -0.15) is 0 Å². The minimum Gasteiger partial charge on any atom is -0.425 e. The van der Waals surface area contributed by atoms with Gasteiger partial charge in [0, 0.05) is 38.6 Å². The van der Waals surface area contributed by atoms with Gasteiger partial charge in [-0.25, -0.2) is 4.79 Å². The van der Waals surface area contributed by atoms with Crippen LogP contribution < -0.4 is 5.32 Å². The van der Waals surface area contributed by atoms with Crippen LogP contribution in [0.25, 0.3) is 0 Å². The molecule has 7 heteroatoms. The molecule has 0 unspecified atom stereocenters. The second-order valence-corrected chi connectivity index (χ2v) is 5.74. The maximum atomic E-state index is 11.9. The van der Waals surface area contributed by atoms with Crippen LogP contribution in [0.4, 0.5) is 4.79 Å². The zero-order valence-corrected chi connectivity index (χ0v) is 12.4. The highest BCUT2D eigenvalue weighted by Crippen LogP contribution is 2.40. The number of urea groups is 1. The second kappa shape index (κ2) is 6.43. The van der Waals surface area contributed by atoms with Gasteiger partial charge in [0.1, 0.15) is 0 Å². The van der Waals surface area contributed by atoms with Gasteiger partial charge in [-0.05, 0) is 25.7 Å². The zero-order valence-electron chi connectivity index (χ0n) is 12.4. The van der Waals surface area contributed by atoms with E-state index in [-0.39, 0.29) is 11.9 Å². The number of nitrogens with one attached hydrogen (secondary N) is 1. The molecule has 1 aliphatic carbocycles. The number of likely N-dealkylation sites (tertiary alicyclic amines) is 1. The Labute approximate surface area is 124 Å². The number of amides is 2. The number of methoxy groups -OCH3 is 1. The highest BCUT2D eigenvalue weighted by molar-refractivity contribution is 5.74. The fourth-order valence-electron chi connectivity index (χ4n) is 2.61. The molecule has 0 bridgehead atoms. The molecule has 21 heavy (non-hydrogen) atoms. The predicted molar refractivity (Wildman–Crippen MR) is 75.1 cm³/mol. The summed E-state index contributed by atoms with van der Waals surface area (Å²) in [4.78, 5) is 13.8. The summed E-state index contributed by atoms with van der Waals surface area (Å²) in [7, 11) is 1.62. The quantitative estimate of drug-likeness (QED) is 0.832. The summed E-state index contributed by atoms with van der Waals surface area (Å²) in [6, 6.07) is -0.0188. The van der Waals surface area contributed by atoms with Crippen LogP contribution in [-0.2, 0) is 4.74 Å². The number of piperidine rings is 1. The third kappa shape index (κ3) is 3.53. The third-order valence-corrected chi connectivity index (χ3v) is 4.10. The van der Waals surface area contributed by atoms with E-state index in [0.717, 1.165) is 37.7 Å². The van der Waals surface area contributed by atoms with Gasteiger partial charge in [-0.1, -0.05) is 0 Å². The Balaban J connectivity index is 1.46. The Hall–Kier alpha value is -1.63. The smallest absolute Gasteiger partial charge is 0.317 e. The van der Waals surface area contributed by atoms with Crippen LogP contribution in [0.15, 0.2) is 4.42 Å². The average molecular weight is 294 g/mol. The molecule has 0 atom stereocenters. The largest absolute Gasteiger partial charge is 0.425 e. The van der Waals surface area contributed by atoms with Crippen LogP contribution in [0, 0.1) is 0 Å². The highest BCUT2D eigenvalue weighted by atomic mass is 16.5. The number of aromatic nitrogens is 2. The van der Waals surface area contributed by atoms with Crippen LogP contribution in [0.2, 0.25) is 0 Å². The number of hydrogen-bond acceptors (Lipinski definition) is 5. The van der Waals surface area contributed by atoms with Crippen molar-refractivity contribution >= 4 is 6.03 Å². The maximum absolute atomic E-state index is 11.9. The highest BCUT2D eigenvalue weighted by Gasteiger charge is 2.32. The Morgan fingerprint density at radius 1 is 1.24 bits per heavy atom. The summed E-state index contributed by atoms with van der Waals surface area (Å²) >= 11 is 0. The first kappa shape index (κ1) is 14.3. The molecule has 1 saturated heterocycles. The SMILES string of the molecule is COCCNC(=O)N1CCC(c2nnc(C3CC3)o2)CC1. The molecular formula is C14H22N4O3. The van der Waals surface area contributed by atoms with Crippen molar-refractivity contribution in [1.29, 1.82) is 0 Å². The average Bonchev–Trinajstić information content (AvgIpc) is 3.25. The van der Waals surface area contributed by atoms with Crippen molar-refractivity contribution in [2.24, 2.45) is 0 Å². The molecule has 0 aromatic carbocycles. The first-order chi connectivity index (χ1) is 10.3. The van der Waals surface area contributed by atoms with Gasteiger partial charge in [0.15, 0.2) is 0 Å². The van der Waals surface area contributed by atoms with Gasteiger partial charge in [0.2, 0.25) is 11.8 Å². The van der Waals surface area contributed by atoms with Crippen molar-refractivity contribution in [3.05, 3.63) is 11.8 Å². The fourth-order valence-corrected chi connectivity index (χ4v) is 2.61. The normalized spacial score (nSPS) is 19.8. The van der Waals surface area contributed by atoms with Crippen molar-refractivity contribution in [3.8, 4) is 0 Å². The number of ether oxygens (including phenoxy) is 1. The van der Waals surface area contributed by atoms with Gasteiger partial charge >= 0.3 is 6.03 Å². The number of hydrogen-bond donors (Lipinski definition) is 1. The Morgan fingerprint density at radius 2 is 1.86 bits per heavy atom. The summed E-state index contributed by atoms with van der Waals surface area (Å²) < 4.78 is 10.7. The standard InChI is InChI=1S/C14H22N4O3/c1-20-9-6-15-14(19)18-7-4-11(5-8-18)13-17-16-12(21-13)10-2-3-10/h10-11H,2-9H2,1H3,(H,15,19). The summed E-state index contributed by atoms with van der Waals surface area (Å²) in [6.45, 7) is 2.53. The Bertz CT molecular complexity index is 478. The van der Waals surface area contributed by atoms with E-state index in [1.807, 2.05) is 4.90 Å². The topological polar surface area (TPSA) is 80.5 Å². The third-order valence-electron chi connectivity index (χ3n) is 4.10. The molecule has 2 heterocycles. The van der Waals surface area contributed by atoms with E-state index in [9.17, 15) is 4.79 Å². The van der Waals surface area contributed by atoms with Crippen LogP contribution in [-0.4, -0.2) is 54.5 Å². The van der Waals surface area contributed by atoms with Crippen LogP contribution in [0.1, 0.15) is 49.3 Å². The lowest BCUT2D eigenvalue weighted by Gasteiger charge is -2.30. The fraction of sp³-hybridized carbons (Fsp3) is 0.786. The molecule has 116 valence electrons. The first-order valence-electron chi connectivity index (χ1n) is 7.63. The van der Waals surface area contributed by atoms with Gasteiger partial charge in [0.05, 0.1) is 6.61 Å². The lowest BCUT2D eigenvalue weighted by atomic mass is 9.97. The van der Waals surface area contributed by atoms with Crippen molar-refractivity contribution in [3.63, 3.8) is 0 Å². The number of carbonyl (C=O) groups excluding carboxylic acids is 1. The molecule has 2 fully saturated rings. The molecule has 7 nitrogen and oxygen atoms in total. The molecule has 3 rings (SSSR count). The molecule has 1 N–H and O–H groups in total. The number of nitrogens with zero attached hydrogens (tertiary/aromatic N) is 3. The van der Waals surface area contributed by atoms with E-state index in [0.29, 0.717) is 19.1 Å². The van der Waals surface area contributed by atoms with Crippen LogP contribution in [0.3, 0.4) is 0 Å². The van der Waals surface area contributed by atoms with Crippen molar-refractivity contribution < 1.29 is 13.9 Å². The number of carbonyl (C=O) groups is 1. The molecule has 2 aliphatic rings. The van der Waals surface area contributed by atoms with Crippen LogP contribution in [0.5, 0.6) is 0 Å². The molecule has 0 radical (unpaired) electrons.